The van der Waals surface area contributed by atoms with Crippen molar-refractivity contribution in [1.82, 2.24) is 4.57 Å². The molecule has 0 spiro atoms. The van der Waals surface area contributed by atoms with E-state index >= 15 is 0 Å². The lowest BCUT2D eigenvalue weighted by molar-refractivity contribution is -0.144. The number of hydrogen-bond acceptors (Lipinski definition) is 3. The Labute approximate surface area is 108 Å². The molecule has 0 aliphatic heterocycles. The molecule has 0 saturated carbocycles. The van der Waals surface area contributed by atoms with Crippen LogP contribution in [0.4, 0.5) is 13.2 Å². The van der Waals surface area contributed by atoms with Crippen LogP contribution < -0.4 is 5.56 Å². The maximum Gasteiger partial charge on any atom is 0.389 e. The number of halogens is 3. The Bertz CT molecular complexity index is 604. The monoisotopic (exact) mass is 297 g/mol. The summed E-state index contributed by atoms with van der Waals surface area (Å²) in [6.45, 7) is 1.27. The Morgan fingerprint density at radius 2 is 1.95 bits per heavy atom. The van der Waals surface area contributed by atoms with Gasteiger partial charge in [0, 0.05) is 31.5 Å². The van der Waals surface area contributed by atoms with Crippen LogP contribution in [0.2, 0.25) is 0 Å². The largest absolute Gasteiger partial charge is 0.389 e. The molecular weight excluding hydrogens is 283 g/mol. The first-order valence-electron chi connectivity index (χ1n) is 5.46. The third-order valence-corrected chi connectivity index (χ3v) is 3.59. The van der Waals surface area contributed by atoms with E-state index in [2.05, 4.69) is 0 Å². The van der Waals surface area contributed by atoms with Crippen molar-refractivity contribution in [3.8, 4) is 0 Å². The van der Waals surface area contributed by atoms with E-state index < -0.39 is 33.9 Å². The summed E-state index contributed by atoms with van der Waals surface area (Å²) in [5.41, 5.74) is -0.628. The Morgan fingerprint density at radius 1 is 1.37 bits per heavy atom. The summed E-state index contributed by atoms with van der Waals surface area (Å²) in [6.07, 6.45) is -3.12. The van der Waals surface area contributed by atoms with E-state index in [0.29, 0.717) is 0 Å². The standard InChI is InChI=1S/C11H14F3NO3S/c1-8(6-11(12,13)14)7-15-4-3-9(5-10(15)16)19(2,17)18/h3-5,8H,6-7H2,1-2H3. The maximum absolute atomic E-state index is 12.2. The van der Waals surface area contributed by atoms with Crippen molar-refractivity contribution in [2.24, 2.45) is 5.92 Å². The van der Waals surface area contributed by atoms with Crippen LogP contribution in [0.1, 0.15) is 13.3 Å². The van der Waals surface area contributed by atoms with Gasteiger partial charge in [0.1, 0.15) is 0 Å². The molecule has 108 valence electrons. The summed E-state index contributed by atoms with van der Waals surface area (Å²) in [5, 5.41) is 0. The van der Waals surface area contributed by atoms with Gasteiger partial charge >= 0.3 is 6.18 Å². The lowest BCUT2D eigenvalue weighted by Crippen LogP contribution is -2.25. The minimum absolute atomic E-state index is 0.109. The van der Waals surface area contributed by atoms with Crippen molar-refractivity contribution >= 4 is 9.84 Å². The highest BCUT2D eigenvalue weighted by molar-refractivity contribution is 7.90. The van der Waals surface area contributed by atoms with Crippen LogP contribution in [0.5, 0.6) is 0 Å². The molecule has 1 rings (SSSR count). The summed E-state index contributed by atoms with van der Waals surface area (Å²) >= 11 is 0. The van der Waals surface area contributed by atoms with E-state index in [0.717, 1.165) is 16.9 Å². The third kappa shape index (κ3) is 5.06. The molecule has 0 aliphatic carbocycles. The van der Waals surface area contributed by atoms with E-state index in [4.69, 9.17) is 0 Å². The first-order valence-corrected chi connectivity index (χ1v) is 7.35. The van der Waals surface area contributed by atoms with Gasteiger partial charge in [0.15, 0.2) is 9.84 Å². The van der Waals surface area contributed by atoms with E-state index in [1.165, 1.54) is 19.2 Å². The van der Waals surface area contributed by atoms with Gasteiger partial charge in [0.2, 0.25) is 0 Å². The molecule has 4 nitrogen and oxygen atoms in total. The van der Waals surface area contributed by atoms with Crippen LogP contribution in [0.25, 0.3) is 0 Å². The first kappa shape index (κ1) is 15.7. The van der Waals surface area contributed by atoms with Crippen LogP contribution in [-0.4, -0.2) is 25.4 Å². The summed E-state index contributed by atoms with van der Waals surface area (Å²) in [4.78, 5) is 11.5. The molecule has 0 amide bonds. The molecule has 0 fully saturated rings. The third-order valence-electron chi connectivity index (χ3n) is 2.48. The summed E-state index contributed by atoms with van der Waals surface area (Å²) in [5.74, 6) is -0.762. The zero-order valence-corrected chi connectivity index (χ0v) is 11.3. The molecule has 0 saturated heterocycles. The molecular formula is C11H14F3NO3S. The van der Waals surface area contributed by atoms with Gasteiger partial charge in [0.25, 0.3) is 5.56 Å². The highest BCUT2D eigenvalue weighted by Gasteiger charge is 2.30. The predicted octanol–water partition coefficient (Wildman–Crippen LogP) is 1.84. The average molecular weight is 297 g/mol. The van der Waals surface area contributed by atoms with Gasteiger partial charge in [-0.2, -0.15) is 13.2 Å². The van der Waals surface area contributed by atoms with Crippen molar-refractivity contribution in [2.75, 3.05) is 6.26 Å². The fraction of sp³-hybridized carbons (Fsp3) is 0.545. The van der Waals surface area contributed by atoms with Gasteiger partial charge < -0.3 is 4.57 Å². The predicted molar refractivity (Wildman–Crippen MR) is 63.6 cm³/mol. The number of hydrogen-bond donors (Lipinski definition) is 0. The SMILES string of the molecule is CC(Cn1ccc(S(C)(=O)=O)cc1=O)CC(F)(F)F. The van der Waals surface area contributed by atoms with Crippen LogP contribution in [0, 0.1) is 5.92 Å². The van der Waals surface area contributed by atoms with Gasteiger partial charge in [-0.15, -0.1) is 0 Å². The van der Waals surface area contributed by atoms with Gasteiger partial charge in [-0.3, -0.25) is 4.79 Å². The molecule has 1 aromatic rings. The number of nitrogens with zero attached hydrogens (tertiary/aromatic N) is 1. The second-order valence-electron chi connectivity index (χ2n) is 4.55. The second-order valence-corrected chi connectivity index (χ2v) is 6.57. The van der Waals surface area contributed by atoms with Gasteiger partial charge in [-0.1, -0.05) is 6.92 Å². The molecule has 0 radical (unpaired) electrons. The smallest absolute Gasteiger partial charge is 0.315 e. The van der Waals surface area contributed by atoms with Gasteiger partial charge in [0.05, 0.1) is 4.90 Å². The zero-order valence-electron chi connectivity index (χ0n) is 10.4. The zero-order chi connectivity index (χ0) is 14.8. The molecule has 19 heavy (non-hydrogen) atoms. The topological polar surface area (TPSA) is 56.1 Å². The number of pyridine rings is 1. The highest BCUT2D eigenvalue weighted by atomic mass is 32.2. The molecule has 1 heterocycles. The Kier molecular flexibility index (Phi) is 4.44. The molecule has 0 aromatic carbocycles. The van der Waals surface area contributed by atoms with E-state index in [1.54, 1.807) is 0 Å². The van der Waals surface area contributed by atoms with Crippen molar-refractivity contribution in [3.05, 3.63) is 28.7 Å². The van der Waals surface area contributed by atoms with E-state index in [-0.39, 0.29) is 11.4 Å². The molecule has 0 bridgehead atoms. The molecule has 1 atom stereocenters. The average Bonchev–Trinajstić information content (AvgIpc) is 2.16. The lowest BCUT2D eigenvalue weighted by atomic mass is 10.1. The summed E-state index contributed by atoms with van der Waals surface area (Å²) in [6, 6.07) is 2.12. The Morgan fingerprint density at radius 3 is 2.37 bits per heavy atom. The van der Waals surface area contributed by atoms with E-state index in [9.17, 15) is 26.4 Å². The summed E-state index contributed by atoms with van der Waals surface area (Å²) in [7, 11) is -3.49. The van der Waals surface area contributed by atoms with Crippen LogP contribution >= 0.6 is 0 Å². The molecule has 0 N–H and O–H groups in total. The fourth-order valence-electron chi connectivity index (χ4n) is 1.67. The van der Waals surface area contributed by atoms with E-state index in [1.807, 2.05) is 0 Å². The molecule has 0 aliphatic rings. The number of aromatic nitrogens is 1. The highest BCUT2D eigenvalue weighted by Crippen LogP contribution is 2.25. The van der Waals surface area contributed by atoms with Crippen molar-refractivity contribution in [1.29, 1.82) is 0 Å². The minimum atomic E-state index is -4.28. The Hall–Kier alpha value is -1.31. The molecule has 1 unspecified atom stereocenters. The normalized spacial score (nSPS) is 14.4. The fourth-order valence-corrected chi connectivity index (χ4v) is 2.29. The Balaban J connectivity index is 2.90. The van der Waals surface area contributed by atoms with Crippen LogP contribution in [0.15, 0.2) is 28.0 Å². The second kappa shape index (κ2) is 5.36. The van der Waals surface area contributed by atoms with Crippen molar-refractivity contribution < 1.29 is 21.6 Å². The van der Waals surface area contributed by atoms with Crippen molar-refractivity contribution in [2.45, 2.75) is 31.0 Å². The number of alkyl halides is 3. The molecule has 8 heteroatoms. The lowest BCUT2D eigenvalue weighted by Gasteiger charge is -2.15. The quantitative estimate of drug-likeness (QED) is 0.852. The van der Waals surface area contributed by atoms with Gasteiger partial charge in [-0.05, 0) is 12.0 Å². The van der Waals surface area contributed by atoms with Crippen LogP contribution in [-0.2, 0) is 16.4 Å². The number of sulfone groups is 1. The van der Waals surface area contributed by atoms with Crippen molar-refractivity contribution in [3.63, 3.8) is 0 Å². The maximum atomic E-state index is 12.2. The minimum Gasteiger partial charge on any atom is -0.315 e. The number of rotatable bonds is 4. The summed E-state index contributed by atoms with van der Waals surface area (Å²) < 4.78 is 60.0. The first-order chi connectivity index (χ1) is 8.49. The van der Waals surface area contributed by atoms with Gasteiger partial charge in [-0.25, -0.2) is 8.42 Å². The molecule has 1 aromatic heterocycles. The van der Waals surface area contributed by atoms with Crippen LogP contribution in [0.3, 0.4) is 0 Å².